The van der Waals surface area contributed by atoms with E-state index in [9.17, 15) is 5.11 Å². The summed E-state index contributed by atoms with van der Waals surface area (Å²) < 4.78 is 0. The number of hydrogen-bond acceptors (Lipinski definition) is 3. The Balaban J connectivity index is 2.70. The molecule has 0 amide bonds. The third-order valence-corrected chi connectivity index (χ3v) is 2.71. The Labute approximate surface area is 97.3 Å². The SMILES string of the molecule is CCN(CCCO)c1ccc(C(C)O)cc1. The second-order valence-corrected chi connectivity index (χ2v) is 3.92. The minimum absolute atomic E-state index is 0.224. The van der Waals surface area contributed by atoms with Crippen molar-refractivity contribution in [2.45, 2.75) is 26.4 Å². The first kappa shape index (κ1) is 13.0. The zero-order valence-corrected chi connectivity index (χ0v) is 10.1. The molecule has 0 saturated heterocycles. The zero-order chi connectivity index (χ0) is 12.0. The fourth-order valence-corrected chi connectivity index (χ4v) is 1.70. The van der Waals surface area contributed by atoms with Crippen molar-refractivity contribution in [3.63, 3.8) is 0 Å². The Hall–Kier alpha value is -1.06. The zero-order valence-electron chi connectivity index (χ0n) is 10.1. The van der Waals surface area contributed by atoms with Crippen molar-refractivity contribution in [3.8, 4) is 0 Å². The van der Waals surface area contributed by atoms with Gasteiger partial charge in [0, 0.05) is 25.4 Å². The van der Waals surface area contributed by atoms with Gasteiger partial charge in [-0.2, -0.15) is 0 Å². The summed E-state index contributed by atoms with van der Waals surface area (Å²) in [5.41, 5.74) is 2.07. The van der Waals surface area contributed by atoms with Crippen LogP contribution in [0.1, 0.15) is 31.9 Å². The van der Waals surface area contributed by atoms with E-state index in [1.54, 1.807) is 6.92 Å². The van der Waals surface area contributed by atoms with Crippen molar-refractivity contribution in [2.75, 3.05) is 24.6 Å². The molecule has 1 aromatic rings. The minimum atomic E-state index is -0.415. The van der Waals surface area contributed by atoms with Crippen molar-refractivity contribution in [1.29, 1.82) is 0 Å². The molecule has 3 nitrogen and oxygen atoms in total. The molecule has 1 atom stereocenters. The first-order chi connectivity index (χ1) is 7.69. The Morgan fingerprint density at radius 3 is 2.31 bits per heavy atom. The molecule has 0 radical (unpaired) electrons. The van der Waals surface area contributed by atoms with Crippen LogP contribution in [0, 0.1) is 0 Å². The molecule has 2 N–H and O–H groups in total. The van der Waals surface area contributed by atoms with Crippen LogP contribution in [0.5, 0.6) is 0 Å². The Morgan fingerprint density at radius 2 is 1.88 bits per heavy atom. The lowest BCUT2D eigenvalue weighted by atomic mass is 10.1. The summed E-state index contributed by atoms with van der Waals surface area (Å²) in [6, 6.07) is 7.93. The maximum absolute atomic E-state index is 9.41. The molecule has 0 bridgehead atoms. The Bertz CT molecular complexity index is 295. The average Bonchev–Trinajstić information content (AvgIpc) is 2.30. The standard InChI is InChI=1S/C13H21NO2/c1-3-14(9-4-10-15)13-7-5-12(6-8-13)11(2)16/h5-8,11,15-16H,3-4,9-10H2,1-2H3. The topological polar surface area (TPSA) is 43.7 Å². The van der Waals surface area contributed by atoms with Gasteiger partial charge in [0.05, 0.1) is 6.10 Å². The van der Waals surface area contributed by atoms with Gasteiger partial charge in [-0.05, 0) is 38.0 Å². The highest BCUT2D eigenvalue weighted by Crippen LogP contribution is 2.19. The van der Waals surface area contributed by atoms with Crippen molar-refractivity contribution >= 4 is 5.69 Å². The number of hydrogen-bond donors (Lipinski definition) is 2. The summed E-state index contributed by atoms with van der Waals surface area (Å²) in [5, 5.41) is 18.2. The lowest BCUT2D eigenvalue weighted by Gasteiger charge is -2.23. The van der Waals surface area contributed by atoms with Gasteiger partial charge < -0.3 is 15.1 Å². The van der Waals surface area contributed by atoms with E-state index in [1.807, 2.05) is 24.3 Å². The quantitative estimate of drug-likeness (QED) is 0.774. The van der Waals surface area contributed by atoms with E-state index in [0.29, 0.717) is 0 Å². The van der Waals surface area contributed by atoms with E-state index in [4.69, 9.17) is 5.11 Å². The van der Waals surface area contributed by atoms with Crippen molar-refractivity contribution in [1.82, 2.24) is 0 Å². The van der Waals surface area contributed by atoms with Gasteiger partial charge in [-0.25, -0.2) is 0 Å². The van der Waals surface area contributed by atoms with Gasteiger partial charge in [-0.15, -0.1) is 0 Å². The maximum Gasteiger partial charge on any atom is 0.0761 e. The highest BCUT2D eigenvalue weighted by Gasteiger charge is 2.05. The van der Waals surface area contributed by atoms with E-state index in [-0.39, 0.29) is 6.61 Å². The first-order valence-electron chi connectivity index (χ1n) is 5.82. The van der Waals surface area contributed by atoms with E-state index in [1.165, 1.54) is 0 Å². The van der Waals surface area contributed by atoms with Crippen LogP contribution in [0.2, 0.25) is 0 Å². The molecule has 1 rings (SSSR count). The molecule has 16 heavy (non-hydrogen) atoms. The third-order valence-electron chi connectivity index (χ3n) is 2.71. The normalized spacial score (nSPS) is 12.5. The number of anilines is 1. The Morgan fingerprint density at radius 1 is 1.25 bits per heavy atom. The van der Waals surface area contributed by atoms with Gasteiger partial charge in [-0.1, -0.05) is 12.1 Å². The van der Waals surface area contributed by atoms with Crippen LogP contribution in [-0.4, -0.2) is 29.9 Å². The smallest absolute Gasteiger partial charge is 0.0761 e. The second kappa shape index (κ2) is 6.51. The number of rotatable bonds is 6. The maximum atomic E-state index is 9.41. The van der Waals surface area contributed by atoms with Crippen LogP contribution in [0.15, 0.2) is 24.3 Å². The molecular weight excluding hydrogens is 202 g/mol. The highest BCUT2D eigenvalue weighted by molar-refractivity contribution is 5.47. The molecule has 0 aliphatic rings. The first-order valence-corrected chi connectivity index (χ1v) is 5.82. The molecule has 0 aliphatic heterocycles. The van der Waals surface area contributed by atoms with Gasteiger partial charge in [-0.3, -0.25) is 0 Å². The summed E-state index contributed by atoms with van der Waals surface area (Å²) in [7, 11) is 0. The molecule has 1 unspecified atom stereocenters. The predicted molar refractivity (Wildman–Crippen MR) is 66.7 cm³/mol. The average molecular weight is 223 g/mol. The molecule has 0 saturated carbocycles. The van der Waals surface area contributed by atoms with Gasteiger partial charge in [0.15, 0.2) is 0 Å². The van der Waals surface area contributed by atoms with Crippen molar-refractivity contribution in [3.05, 3.63) is 29.8 Å². The summed E-state index contributed by atoms with van der Waals surface area (Å²) in [6.07, 6.45) is 0.369. The van der Waals surface area contributed by atoms with Gasteiger partial charge in [0.2, 0.25) is 0 Å². The molecule has 0 aliphatic carbocycles. The molecule has 90 valence electrons. The lowest BCUT2D eigenvalue weighted by molar-refractivity contribution is 0.199. The molecule has 1 aromatic carbocycles. The van der Waals surface area contributed by atoms with Gasteiger partial charge in [0.1, 0.15) is 0 Å². The van der Waals surface area contributed by atoms with E-state index < -0.39 is 6.10 Å². The number of aliphatic hydroxyl groups excluding tert-OH is 2. The summed E-state index contributed by atoms with van der Waals surface area (Å²) >= 11 is 0. The van der Waals surface area contributed by atoms with E-state index in [2.05, 4.69) is 11.8 Å². The second-order valence-electron chi connectivity index (χ2n) is 3.92. The summed E-state index contributed by atoms with van der Waals surface area (Å²) in [5.74, 6) is 0. The van der Waals surface area contributed by atoms with Crippen LogP contribution < -0.4 is 4.90 Å². The number of aliphatic hydroxyl groups is 2. The van der Waals surface area contributed by atoms with Crippen LogP contribution in [0.4, 0.5) is 5.69 Å². The van der Waals surface area contributed by atoms with E-state index >= 15 is 0 Å². The van der Waals surface area contributed by atoms with Crippen molar-refractivity contribution < 1.29 is 10.2 Å². The molecular formula is C13H21NO2. The number of benzene rings is 1. The fourth-order valence-electron chi connectivity index (χ4n) is 1.70. The minimum Gasteiger partial charge on any atom is -0.396 e. The molecule has 0 spiro atoms. The number of nitrogens with zero attached hydrogens (tertiary/aromatic N) is 1. The van der Waals surface area contributed by atoms with Crippen LogP contribution in [0.25, 0.3) is 0 Å². The van der Waals surface area contributed by atoms with Crippen LogP contribution >= 0.6 is 0 Å². The Kier molecular flexibility index (Phi) is 5.29. The monoisotopic (exact) mass is 223 g/mol. The van der Waals surface area contributed by atoms with Crippen LogP contribution in [-0.2, 0) is 0 Å². The highest BCUT2D eigenvalue weighted by atomic mass is 16.3. The summed E-state index contributed by atoms with van der Waals surface area (Å²) in [4.78, 5) is 2.21. The molecule has 0 aromatic heterocycles. The summed E-state index contributed by atoms with van der Waals surface area (Å²) in [6.45, 7) is 5.87. The van der Waals surface area contributed by atoms with Gasteiger partial charge >= 0.3 is 0 Å². The lowest BCUT2D eigenvalue weighted by Crippen LogP contribution is -2.24. The molecule has 0 heterocycles. The molecule has 0 fully saturated rings. The third kappa shape index (κ3) is 3.51. The predicted octanol–water partition coefficient (Wildman–Crippen LogP) is 1.95. The fraction of sp³-hybridized carbons (Fsp3) is 0.538. The van der Waals surface area contributed by atoms with Gasteiger partial charge in [0.25, 0.3) is 0 Å². The largest absolute Gasteiger partial charge is 0.396 e. The molecule has 3 heteroatoms. The van der Waals surface area contributed by atoms with Crippen molar-refractivity contribution in [2.24, 2.45) is 0 Å². The van der Waals surface area contributed by atoms with E-state index in [0.717, 1.165) is 30.8 Å². The van der Waals surface area contributed by atoms with Crippen LogP contribution in [0.3, 0.4) is 0 Å².